The smallest absolute Gasteiger partial charge is 0.173 e. The molecule has 0 bridgehead atoms. The van der Waals surface area contributed by atoms with E-state index in [2.05, 4.69) is 27.3 Å². The third-order valence-electron chi connectivity index (χ3n) is 3.54. The zero-order valence-electron chi connectivity index (χ0n) is 13.8. The molecule has 1 heterocycles. The Bertz CT molecular complexity index is 780. The van der Waals surface area contributed by atoms with E-state index in [9.17, 15) is 0 Å². The molecule has 0 aliphatic carbocycles. The Balaban J connectivity index is 1.95. The van der Waals surface area contributed by atoms with E-state index in [0.29, 0.717) is 23.9 Å². The molecule has 0 fully saturated rings. The fourth-order valence-electron chi connectivity index (χ4n) is 2.33. The van der Waals surface area contributed by atoms with Crippen LogP contribution in [0.5, 0.6) is 0 Å². The molecule has 1 aromatic heterocycles. The van der Waals surface area contributed by atoms with Gasteiger partial charge in [0.2, 0.25) is 0 Å². The summed E-state index contributed by atoms with van der Waals surface area (Å²) in [5, 5.41) is 5.03. The van der Waals surface area contributed by atoms with E-state index in [-0.39, 0.29) is 0 Å². The van der Waals surface area contributed by atoms with Crippen molar-refractivity contribution in [2.24, 2.45) is 0 Å². The molecule has 0 saturated heterocycles. The second kappa shape index (κ2) is 7.83. The summed E-state index contributed by atoms with van der Waals surface area (Å²) >= 11 is 0. The van der Waals surface area contributed by atoms with Gasteiger partial charge in [-0.1, -0.05) is 42.5 Å². The van der Waals surface area contributed by atoms with Crippen LogP contribution in [0.15, 0.2) is 79.6 Å². The molecule has 25 heavy (non-hydrogen) atoms. The lowest BCUT2D eigenvalue weighted by Gasteiger charge is -2.26. The zero-order valence-corrected chi connectivity index (χ0v) is 13.8. The molecule has 2 aromatic carbocycles. The van der Waals surface area contributed by atoms with Gasteiger partial charge in [0.05, 0.1) is 11.4 Å². The Morgan fingerprint density at radius 2 is 1.48 bits per heavy atom. The molecule has 3 rings (SSSR count). The standard InChI is InChI=1S/C19H20N6/c1-2-13-21-18-17(20)19(23-14-22-18)24-25(15-9-5-3-6-10-15)16-11-7-4-8-12-16/h2-12,14H,1,13,20H2,(H2,21,22,23,24). The van der Waals surface area contributed by atoms with Gasteiger partial charge in [0, 0.05) is 6.54 Å². The minimum atomic E-state index is 0.446. The number of anilines is 5. The number of hydrazine groups is 1. The zero-order chi connectivity index (χ0) is 17.5. The van der Waals surface area contributed by atoms with E-state index in [0.717, 1.165) is 11.4 Å². The highest BCUT2D eigenvalue weighted by atomic mass is 15.5. The average molecular weight is 332 g/mol. The van der Waals surface area contributed by atoms with Crippen LogP contribution in [-0.4, -0.2) is 16.5 Å². The summed E-state index contributed by atoms with van der Waals surface area (Å²) in [5.74, 6) is 1.09. The molecule has 0 amide bonds. The van der Waals surface area contributed by atoms with E-state index in [1.807, 2.05) is 65.7 Å². The lowest BCUT2D eigenvalue weighted by atomic mass is 10.2. The van der Waals surface area contributed by atoms with Crippen molar-refractivity contribution in [1.82, 2.24) is 9.97 Å². The Hall–Kier alpha value is -3.54. The summed E-state index contributed by atoms with van der Waals surface area (Å²) in [6.07, 6.45) is 3.22. The number of aromatic nitrogens is 2. The van der Waals surface area contributed by atoms with Crippen molar-refractivity contribution < 1.29 is 0 Å². The maximum atomic E-state index is 6.22. The maximum Gasteiger partial charge on any atom is 0.173 e. The van der Waals surface area contributed by atoms with Crippen molar-refractivity contribution in [3.63, 3.8) is 0 Å². The van der Waals surface area contributed by atoms with Gasteiger partial charge in [-0.25, -0.2) is 9.97 Å². The van der Waals surface area contributed by atoms with Gasteiger partial charge in [-0.3, -0.25) is 10.4 Å². The van der Waals surface area contributed by atoms with Crippen molar-refractivity contribution in [1.29, 1.82) is 0 Å². The highest BCUT2D eigenvalue weighted by Gasteiger charge is 2.13. The van der Waals surface area contributed by atoms with Gasteiger partial charge in [0.1, 0.15) is 12.0 Å². The number of nitrogens with two attached hydrogens (primary N) is 1. The van der Waals surface area contributed by atoms with Gasteiger partial charge in [-0.15, -0.1) is 6.58 Å². The van der Waals surface area contributed by atoms with Crippen molar-refractivity contribution in [3.05, 3.63) is 79.6 Å². The summed E-state index contributed by atoms with van der Waals surface area (Å²) in [6.45, 7) is 4.26. The highest BCUT2D eigenvalue weighted by Crippen LogP contribution is 2.29. The minimum absolute atomic E-state index is 0.446. The van der Waals surface area contributed by atoms with Gasteiger partial charge in [0.15, 0.2) is 11.6 Å². The van der Waals surface area contributed by atoms with E-state index in [1.54, 1.807) is 6.08 Å². The van der Waals surface area contributed by atoms with Crippen LogP contribution in [0, 0.1) is 0 Å². The van der Waals surface area contributed by atoms with Crippen molar-refractivity contribution in [3.8, 4) is 0 Å². The summed E-state index contributed by atoms with van der Waals surface area (Å²) in [5.41, 5.74) is 11.9. The maximum absolute atomic E-state index is 6.22. The normalized spacial score (nSPS) is 10.1. The first-order valence-corrected chi connectivity index (χ1v) is 7.91. The molecule has 0 radical (unpaired) electrons. The highest BCUT2D eigenvalue weighted by molar-refractivity contribution is 5.77. The molecule has 6 nitrogen and oxygen atoms in total. The van der Waals surface area contributed by atoms with Crippen LogP contribution in [0.4, 0.5) is 28.7 Å². The summed E-state index contributed by atoms with van der Waals surface area (Å²) in [4.78, 5) is 8.46. The van der Waals surface area contributed by atoms with E-state index in [1.165, 1.54) is 6.33 Å². The first kappa shape index (κ1) is 16.3. The van der Waals surface area contributed by atoms with Crippen molar-refractivity contribution in [2.45, 2.75) is 0 Å². The second-order valence-corrected chi connectivity index (χ2v) is 5.27. The Morgan fingerprint density at radius 3 is 2.04 bits per heavy atom. The lowest BCUT2D eigenvalue weighted by molar-refractivity contribution is 1.09. The topological polar surface area (TPSA) is 79.1 Å². The molecule has 126 valence electrons. The molecule has 6 heteroatoms. The largest absolute Gasteiger partial charge is 0.393 e. The van der Waals surface area contributed by atoms with Crippen LogP contribution in [0.2, 0.25) is 0 Å². The summed E-state index contributed by atoms with van der Waals surface area (Å²) in [7, 11) is 0. The first-order valence-electron chi connectivity index (χ1n) is 7.91. The summed E-state index contributed by atoms with van der Waals surface area (Å²) in [6, 6.07) is 19.9. The summed E-state index contributed by atoms with van der Waals surface area (Å²) < 4.78 is 0. The van der Waals surface area contributed by atoms with Crippen LogP contribution in [0.3, 0.4) is 0 Å². The molecular formula is C19H20N6. The third kappa shape index (κ3) is 3.87. The molecular weight excluding hydrogens is 312 g/mol. The number of nitrogens with one attached hydrogen (secondary N) is 2. The molecule has 3 aromatic rings. The lowest BCUT2D eigenvalue weighted by Crippen LogP contribution is -2.26. The monoisotopic (exact) mass is 332 g/mol. The van der Waals surface area contributed by atoms with Crippen LogP contribution >= 0.6 is 0 Å². The number of nitrogens with zero attached hydrogens (tertiary/aromatic N) is 3. The Labute approximate surface area is 147 Å². The van der Waals surface area contributed by atoms with Crippen LogP contribution < -0.4 is 21.5 Å². The van der Waals surface area contributed by atoms with Crippen LogP contribution in [0.1, 0.15) is 0 Å². The predicted octanol–water partition coefficient (Wildman–Crippen LogP) is 3.82. The van der Waals surface area contributed by atoms with Crippen LogP contribution in [0.25, 0.3) is 0 Å². The van der Waals surface area contributed by atoms with Crippen LogP contribution in [-0.2, 0) is 0 Å². The van der Waals surface area contributed by atoms with Gasteiger partial charge in [-0.2, -0.15) is 0 Å². The second-order valence-electron chi connectivity index (χ2n) is 5.27. The predicted molar refractivity (Wildman–Crippen MR) is 104 cm³/mol. The fraction of sp³-hybridized carbons (Fsp3) is 0.0526. The average Bonchev–Trinajstić information content (AvgIpc) is 2.67. The van der Waals surface area contributed by atoms with E-state index < -0.39 is 0 Å². The molecule has 0 aliphatic heterocycles. The number of benzene rings is 2. The Kier molecular flexibility index (Phi) is 5.11. The molecule has 0 saturated carbocycles. The quantitative estimate of drug-likeness (QED) is 0.451. The van der Waals surface area contributed by atoms with E-state index in [4.69, 9.17) is 5.73 Å². The first-order chi connectivity index (χ1) is 12.3. The number of hydrogen-bond donors (Lipinski definition) is 3. The molecule has 4 N–H and O–H groups in total. The molecule has 0 unspecified atom stereocenters. The van der Waals surface area contributed by atoms with E-state index >= 15 is 0 Å². The number of nitrogen functional groups attached to an aromatic ring is 1. The molecule has 0 aliphatic rings. The van der Waals surface area contributed by atoms with Gasteiger partial charge < -0.3 is 11.1 Å². The molecule has 0 spiro atoms. The fourth-order valence-corrected chi connectivity index (χ4v) is 2.33. The Morgan fingerprint density at radius 1 is 0.920 bits per heavy atom. The molecule has 0 atom stereocenters. The van der Waals surface area contributed by atoms with Gasteiger partial charge in [-0.05, 0) is 24.3 Å². The minimum Gasteiger partial charge on any atom is -0.393 e. The number of hydrogen-bond acceptors (Lipinski definition) is 6. The number of rotatable bonds is 7. The SMILES string of the molecule is C=CCNc1ncnc(NN(c2ccccc2)c2ccccc2)c1N. The third-order valence-corrected chi connectivity index (χ3v) is 3.54. The van der Waals surface area contributed by atoms with Crippen molar-refractivity contribution in [2.75, 3.05) is 28.0 Å². The van der Waals surface area contributed by atoms with Crippen molar-refractivity contribution >= 4 is 28.7 Å². The van der Waals surface area contributed by atoms with Gasteiger partial charge in [0.25, 0.3) is 0 Å². The van der Waals surface area contributed by atoms with Gasteiger partial charge >= 0.3 is 0 Å². The number of para-hydroxylation sites is 2.